The van der Waals surface area contributed by atoms with Gasteiger partial charge in [-0.1, -0.05) is 12.2 Å². The molecule has 0 aromatic rings. The number of aliphatic carboxylic acids is 1. The first-order valence-corrected chi connectivity index (χ1v) is 4.44. The Hall–Kier alpha value is -1.07. The summed E-state index contributed by atoms with van der Waals surface area (Å²) in [5.41, 5.74) is 0. The third-order valence-corrected chi connectivity index (χ3v) is 1.66. The summed E-state index contributed by atoms with van der Waals surface area (Å²) in [4.78, 5) is 9.25. The zero-order valence-electron chi connectivity index (χ0n) is 7.93. The topological polar surface area (TPSA) is 37.3 Å². The maximum Gasteiger partial charge on any atom is 0.430 e. The number of rotatable bonds is 1. The van der Waals surface area contributed by atoms with Crippen molar-refractivity contribution in [3.63, 3.8) is 0 Å². The molecule has 0 bridgehead atoms. The number of hydrogen-bond donors (Lipinski definition) is 1. The normalized spacial score (nSPS) is 17.6. The van der Waals surface area contributed by atoms with Crippen molar-refractivity contribution in [1.29, 1.82) is 0 Å². The van der Waals surface area contributed by atoms with Gasteiger partial charge < -0.3 is 5.11 Å². The van der Waals surface area contributed by atoms with Crippen molar-refractivity contribution in [3.05, 3.63) is 12.2 Å². The molecule has 1 rings (SSSR count). The van der Waals surface area contributed by atoms with E-state index in [9.17, 15) is 22.4 Å². The minimum absolute atomic E-state index is 1.32. The predicted octanol–water partition coefficient (Wildman–Crippen LogP) is 3.09. The van der Waals surface area contributed by atoms with Crippen LogP contribution in [0.15, 0.2) is 12.2 Å². The molecular formula is C9H12F4O2. The van der Waals surface area contributed by atoms with E-state index in [4.69, 9.17) is 5.11 Å². The van der Waals surface area contributed by atoms with Crippen LogP contribution in [0.2, 0.25) is 0 Å². The third kappa shape index (κ3) is 6.93. The van der Waals surface area contributed by atoms with Crippen LogP contribution < -0.4 is 0 Å². The van der Waals surface area contributed by atoms with E-state index in [0.717, 1.165) is 0 Å². The zero-order valence-corrected chi connectivity index (χ0v) is 7.93. The van der Waals surface area contributed by atoms with Gasteiger partial charge in [-0.15, -0.1) is 0 Å². The first-order chi connectivity index (χ1) is 6.85. The maximum absolute atomic E-state index is 11.3. The highest BCUT2D eigenvalue weighted by Gasteiger charge is 2.45. The summed E-state index contributed by atoms with van der Waals surface area (Å²) >= 11 is 0. The van der Waals surface area contributed by atoms with Crippen LogP contribution in [-0.4, -0.2) is 23.4 Å². The summed E-state index contributed by atoms with van der Waals surface area (Å²) in [7, 11) is 0. The van der Waals surface area contributed by atoms with Gasteiger partial charge in [-0.25, -0.2) is 9.18 Å². The lowest BCUT2D eigenvalue weighted by Gasteiger charge is -2.05. The van der Waals surface area contributed by atoms with E-state index in [1.165, 1.54) is 25.7 Å². The van der Waals surface area contributed by atoms with Crippen molar-refractivity contribution in [3.8, 4) is 0 Å². The number of allylic oxidation sites excluding steroid dienone is 2. The Labute approximate surface area is 84.6 Å². The predicted molar refractivity (Wildman–Crippen MR) is 46.2 cm³/mol. The summed E-state index contributed by atoms with van der Waals surface area (Å²) in [6.07, 6.45) is 0.948. The molecule has 1 unspecified atom stereocenters. The van der Waals surface area contributed by atoms with Gasteiger partial charge in [-0.3, -0.25) is 0 Å². The number of carboxylic acid groups (broad SMARTS) is 1. The van der Waals surface area contributed by atoms with Gasteiger partial charge in [-0.2, -0.15) is 13.2 Å². The Morgan fingerprint density at radius 3 is 1.67 bits per heavy atom. The molecule has 0 fully saturated rings. The molecule has 0 saturated carbocycles. The molecule has 0 heterocycles. The lowest BCUT2D eigenvalue weighted by molar-refractivity contribution is -0.197. The second kappa shape index (κ2) is 6.42. The molecule has 1 aliphatic rings. The fourth-order valence-corrected chi connectivity index (χ4v) is 0.900. The molecule has 1 N–H and O–H groups in total. The largest absolute Gasteiger partial charge is 0.479 e. The van der Waals surface area contributed by atoms with E-state index in [1.807, 2.05) is 0 Å². The van der Waals surface area contributed by atoms with E-state index in [0.29, 0.717) is 0 Å². The van der Waals surface area contributed by atoms with Crippen LogP contribution >= 0.6 is 0 Å². The molecule has 0 amide bonds. The number of carboxylic acids is 1. The second-order valence-corrected chi connectivity index (χ2v) is 3.00. The first-order valence-electron chi connectivity index (χ1n) is 4.44. The minimum atomic E-state index is -5.29. The summed E-state index contributed by atoms with van der Waals surface area (Å²) < 4.78 is 44.1. The number of halogens is 4. The number of hydrogen-bond acceptors (Lipinski definition) is 1. The highest BCUT2D eigenvalue weighted by Crippen LogP contribution is 2.22. The highest BCUT2D eigenvalue weighted by atomic mass is 19.4. The molecule has 0 aromatic carbocycles. The summed E-state index contributed by atoms with van der Waals surface area (Å²) in [6, 6.07) is 0. The van der Waals surface area contributed by atoms with Gasteiger partial charge in [0.25, 0.3) is 6.17 Å². The van der Waals surface area contributed by atoms with Crippen molar-refractivity contribution < 1.29 is 27.5 Å². The Balaban J connectivity index is 0.000000280. The quantitative estimate of drug-likeness (QED) is 0.553. The molecule has 6 heteroatoms. The van der Waals surface area contributed by atoms with Gasteiger partial charge in [0.05, 0.1) is 0 Å². The summed E-state index contributed by atoms with van der Waals surface area (Å²) in [6.45, 7) is 0. The first kappa shape index (κ1) is 13.9. The molecule has 15 heavy (non-hydrogen) atoms. The Morgan fingerprint density at radius 2 is 1.60 bits per heavy atom. The minimum Gasteiger partial charge on any atom is -0.479 e. The average Bonchev–Trinajstić information content (AvgIpc) is 2.19. The molecule has 1 atom stereocenters. The smallest absolute Gasteiger partial charge is 0.430 e. The monoisotopic (exact) mass is 228 g/mol. The zero-order chi connectivity index (χ0) is 11.9. The molecule has 0 aliphatic heterocycles. The lowest BCUT2D eigenvalue weighted by Crippen LogP contribution is -2.32. The molecular weight excluding hydrogens is 216 g/mol. The van der Waals surface area contributed by atoms with Gasteiger partial charge in [0, 0.05) is 0 Å². The van der Waals surface area contributed by atoms with Crippen LogP contribution in [0, 0.1) is 0 Å². The van der Waals surface area contributed by atoms with E-state index < -0.39 is 18.3 Å². The van der Waals surface area contributed by atoms with Gasteiger partial charge in [0.15, 0.2) is 0 Å². The van der Waals surface area contributed by atoms with Crippen molar-refractivity contribution >= 4 is 5.97 Å². The average molecular weight is 228 g/mol. The van der Waals surface area contributed by atoms with Crippen LogP contribution in [-0.2, 0) is 4.79 Å². The molecule has 1 aliphatic carbocycles. The van der Waals surface area contributed by atoms with Gasteiger partial charge in [0.1, 0.15) is 0 Å². The second-order valence-electron chi connectivity index (χ2n) is 3.00. The molecule has 0 aromatic heterocycles. The molecule has 2 nitrogen and oxygen atoms in total. The molecule has 88 valence electrons. The SMILES string of the molecule is C1=CCCCC1.O=C(O)C(F)C(F)(F)F. The van der Waals surface area contributed by atoms with Crippen molar-refractivity contribution in [2.24, 2.45) is 0 Å². The van der Waals surface area contributed by atoms with Gasteiger partial charge in [0.2, 0.25) is 0 Å². The van der Waals surface area contributed by atoms with Crippen LogP contribution in [0.5, 0.6) is 0 Å². The van der Waals surface area contributed by atoms with Crippen molar-refractivity contribution in [2.45, 2.75) is 38.0 Å². The van der Waals surface area contributed by atoms with Crippen LogP contribution in [0.3, 0.4) is 0 Å². The molecule has 0 saturated heterocycles. The summed E-state index contributed by atoms with van der Waals surface area (Å²) in [5.74, 6) is -2.51. The van der Waals surface area contributed by atoms with Crippen molar-refractivity contribution in [1.82, 2.24) is 0 Å². The van der Waals surface area contributed by atoms with E-state index in [1.54, 1.807) is 0 Å². The third-order valence-electron chi connectivity index (χ3n) is 1.66. The maximum atomic E-state index is 11.3. The van der Waals surface area contributed by atoms with Crippen LogP contribution in [0.25, 0.3) is 0 Å². The fourth-order valence-electron chi connectivity index (χ4n) is 0.900. The molecule has 0 radical (unpaired) electrons. The fraction of sp³-hybridized carbons (Fsp3) is 0.667. The standard InChI is InChI=1S/C6H10.C3H2F4O2/c1-2-4-6-5-3-1;4-1(2(8)9)3(5,6)7/h1-2H,3-6H2;1H,(H,8,9). The number of alkyl halides is 4. The van der Waals surface area contributed by atoms with Crippen LogP contribution in [0.1, 0.15) is 25.7 Å². The Kier molecular flexibility index (Phi) is 5.96. The Morgan fingerprint density at radius 1 is 1.20 bits per heavy atom. The molecule has 0 spiro atoms. The van der Waals surface area contributed by atoms with E-state index >= 15 is 0 Å². The Bertz CT molecular complexity index is 215. The van der Waals surface area contributed by atoms with Gasteiger partial charge in [-0.05, 0) is 25.7 Å². The highest BCUT2D eigenvalue weighted by molar-refractivity contribution is 5.73. The van der Waals surface area contributed by atoms with E-state index in [2.05, 4.69) is 12.2 Å². The lowest BCUT2D eigenvalue weighted by atomic mass is 10.1. The van der Waals surface area contributed by atoms with Crippen LogP contribution in [0.4, 0.5) is 17.6 Å². The van der Waals surface area contributed by atoms with E-state index in [-0.39, 0.29) is 0 Å². The van der Waals surface area contributed by atoms with Gasteiger partial charge >= 0.3 is 12.1 Å². The van der Waals surface area contributed by atoms with Crippen molar-refractivity contribution in [2.75, 3.05) is 0 Å². The number of carbonyl (C=O) groups is 1. The summed E-state index contributed by atoms with van der Waals surface area (Å²) in [5, 5.41) is 7.42.